The third-order valence-corrected chi connectivity index (χ3v) is 4.58. The number of amides is 1. The quantitative estimate of drug-likeness (QED) is 0.750. The van der Waals surface area contributed by atoms with Crippen molar-refractivity contribution >= 4 is 5.91 Å². The van der Waals surface area contributed by atoms with Crippen LogP contribution >= 0.6 is 0 Å². The summed E-state index contributed by atoms with van der Waals surface area (Å²) in [5.41, 5.74) is 0.789. The Labute approximate surface area is 137 Å². The molecule has 0 fully saturated rings. The van der Waals surface area contributed by atoms with E-state index in [1.54, 1.807) is 6.92 Å². The molecule has 0 bridgehead atoms. The van der Waals surface area contributed by atoms with Gasteiger partial charge in [0.15, 0.2) is 0 Å². The molecule has 0 saturated carbocycles. The lowest BCUT2D eigenvalue weighted by atomic mass is 9.92. The van der Waals surface area contributed by atoms with E-state index in [0.717, 1.165) is 5.56 Å². The zero-order chi connectivity index (χ0) is 17.0. The van der Waals surface area contributed by atoms with Crippen LogP contribution in [0.3, 0.4) is 0 Å². The molecule has 128 valence electrons. The van der Waals surface area contributed by atoms with Crippen molar-refractivity contribution in [1.82, 2.24) is 5.32 Å². The second-order valence-electron chi connectivity index (χ2n) is 6.24. The summed E-state index contributed by atoms with van der Waals surface area (Å²) >= 11 is 0. The molecule has 0 spiro atoms. The van der Waals surface area contributed by atoms with Gasteiger partial charge in [0.25, 0.3) is 0 Å². The van der Waals surface area contributed by atoms with Gasteiger partial charge in [-0.2, -0.15) is 0 Å². The number of carbonyl (C=O) groups is 1. The summed E-state index contributed by atoms with van der Waals surface area (Å²) < 4.78 is 5.68. The number of aliphatic hydroxyl groups is 2. The molecule has 2 rings (SSSR count). The highest BCUT2D eigenvalue weighted by Crippen LogP contribution is 2.35. The third-order valence-electron chi connectivity index (χ3n) is 4.58. The zero-order valence-electron chi connectivity index (χ0n) is 14.0. The van der Waals surface area contributed by atoms with Gasteiger partial charge in [-0.1, -0.05) is 32.0 Å². The summed E-state index contributed by atoms with van der Waals surface area (Å²) in [5, 5.41) is 23.2. The van der Waals surface area contributed by atoms with Crippen LogP contribution in [0.5, 0.6) is 5.75 Å². The molecule has 0 radical (unpaired) electrons. The number of aliphatic hydroxyl groups excluding tert-OH is 2. The first-order valence-corrected chi connectivity index (χ1v) is 8.39. The van der Waals surface area contributed by atoms with E-state index in [2.05, 4.69) is 5.32 Å². The highest BCUT2D eigenvalue weighted by Gasteiger charge is 2.36. The average Bonchev–Trinajstić information content (AvgIpc) is 2.56. The van der Waals surface area contributed by atoms with E-state index in [0.29, 0.717) is 25.0 Å². The van der Waals surface area contributed by atoms with E-state index >= 15 is 0 Å². The standard InChI is InChI=1S/C18H27NO4/c1-4-12(10-13(20)5-2)18(22)19-16-14-8-6-7-9-15(14)23-11(3)17(16)21/h6-9,11-13,16-17,20-21H,4-5,10H2,1-3H3,(H,19,22)/t11?,12-,13-,16?,17-/m1/s1. The highest BCUT2D eigenvalue weighted by molar-refractivity contribution is 5.79. The summed E-state index contributed by atoms with van der Waals surface area (Å²) in [5.74, 6) is 0.299. The topological polar surface area (TPSA) is 78.8 Å². The number of nitrogens with one attached hydrogen (secondary N) is 1. The number of carbonyl (C=O) groups excluding carboxylic acids is 1. The average molecular weight is 321 g/mol. The van der Waals surface area contributed by atoms with Crippen molar-refractivity contribution in [3.05, 3.63) is 29.8 Å². The molecule has 1 aromatic rings. The Hall–Kier alpha value is -1.59. The number of para-hydroxylation sites is 1. The third kappa shape index (κ3) is 4.03. The normalized spacial score (nSPS) is 25.9. The first-order valence-electron chi connectivity index (χ1n) is 8.39. The largest absolute Gasteiger partial charge is 0.488 e. The molecule has 5 atom stereocenters. The Balaban J connectivity index is 2.15. The molecule has 5 nitrogen and oxygen atoms in total. The predicted octanol–water partition coefficient (Wildman–Crippen LogP) is 2.17. The molecule has 0 aromatic heterocycles. The molecule has 1 aliphatic heterocycles. The van der Waals surface area contributed by atoms with Crippen LogP contribution in [0.15, 0.2) is 24.3 Å². The van der Waals surface area contributed by atoms with Crippen molar-refractivity contribution in [3.8, 4) is 5.75 Å². The maximum absolute atomic E-state index is 12.6. The fourth-order valence-electron chi connectivity index (χ4n) is 2.96. The minimum atomic E-state index is -0.803. The Kier molecular flexibility index (Phi) is 6.02. The lowest BCUT2D eigenvalue weighted by Gasteiger charge is -2.36. The highest BCUT2D eigenvalue weighted by atomic mass is 16.5. The minimum absolute atomic E-state index is 0.132. The maximum atomic E-state index is 12.6. The summed E-state index contributed by atoms with van der Waals surface area (Å²) in [7, 11) is 0. The fraction of sp³-hybridized carbons (Fsp3) is 0.611. The van der Waals surface area contributed by atoms with Crippen molar-refractivity contribution in [1.29, 1.82) is 0 Å². The fourth-order valence-corrected chi connectivity index (χ4v) is 2.96. The molecule has 5 heteroatoms. The number of hydrogen-bond donors (Lipinski definition) is 3. The smallest absolute Gasteiger partial charge is 0.223 e. The lowest BCUT2D eigenvalue weighted by molar-refractivity contribution is -0.128. The molecule has 3 N–H and O–H groups in total. The second-order valence-corrected chi connectivity index (χ2v) is 6.24. The molecule has 1 aromatic carbocycles. The monoisotopic (exact) mass is 321 g/mol. The SMILES string of the molecule is CC[C@@H](O)C[C@@H](CC)C(=O)NC1c2ccccc2OC(C)[C@H]1O. The van der Waals surface area contributed by atoms with Gasteiger partial charge >= 0.3 is 0 Å². The first-order chi connectivity index (χ1) is 11.0. The van der Waals surface area contributed by atoms with Gasteiger partial charge in [-0.15, -0.1) is 0 Å². The van der Waals surface area contributed by atoms with Gasteiger partial charge in [-0.25, -0.2) is 0 Å². The van der Waals surface area contributed by atoms with Gasteiger partial charge in [-0.05, 0) is 32.3 Å². The van der Waals surface area contributed by atoms with E-state index in [9.17, 15) is 15.0 Å². The Bertz CT molecular complexity index is 534. The Morgan fingerprint density at radius 1 is 1.30 bits per heavy atom. The van der Waals surface area contributed by atoms with Crippen LogP contribution in [-0.2, 0) is 4.79 Å². The molecule has 0 saturated heterocycles. The molecule has 1 amide bonds. The van der Waals surface area contributed by atoms with E-state index in [4.69, 9.17) is 4.74 Å². The van der Waals surface area contributed by atoms with Gasteiger partial charge in [0.05, 0.1) is 12.1 Å². The number of fused-ring (bicyclic) bond motifs is 1. The van der Waals surface area contributed by atoms with Crippen molar-refractivity contribution in [2.75, 3.05) is 0 Å². The molecular formula is C18H27NO4. The van der Waals surface area contributed by atoms with Crippen molar-refractivity contribution in [2.45, 2.75) is 64.4 Å². The number of rotatable bonds is 6. The van der Waals surface area contributed by atoms with Gasteiger partial charge in [0.1, 0.15) is 18.0 Å². The predicted molar refractivity (Wildman–Crippen MR) is 88.1 cm³/mol. The van der Waals surface area contributed by atoms with Crippen molar-refractivity contribution < 1.29 is 19.7 Å². The minimum Gasteiger partial charge on any atom is -0.488 e. The summed E-state index contributed by atoms with van der Waals surface area (Å²) in [6.45, 7) is 5.62. The number of benzene rings is 1. The molecule has 1 heterocycles. The van der Waals surface area contributed by atoms with Crippen LogP contribution in [0.2, 0.25) is 0 Å². The molecule has 2 unspecified atom stereocenters. The van der Waals surface area contributed by atoms with Gasteiger partial charge in [0, 0.05) is 11.5 Å². The van der Waals surface area contributed by atoms with E-state index in [1.807, 2.05) is 38.1 Å². The Morgan fingerprint density at radius 2 is 2.00 bits per heavy atom. The van der Waals surface area contributed by atoms with E-state index in [1.165, 1.54) is 0 Å². The number of hydrogen-bond acceptors (Lipinski definition) is 4. The molecule has 23 heavy (non-hydrogen) atoms. The van der Waals surface area contributed by atoms with Crippen molar-refractivity contribution in [3.63, 3.8) is 0 Å². The van der Waals surface area contributed by atoms with Gasteiger partial charge in [0.2, 0.25) is 5.91 Å². The Morgan fingerprint density at radius 3 is 2.65 bits per heavy atom. The van der Waals surface area contributed by atoms with Gasteiger partial charge in [-0.3, -0.25) is 4.79 Å². The summed E-state index contributed by atoms with van der Waals surface area (Å²) in [6, 6.07) is 6.94. The van der Waals surface area contributed by atoms with Crippen LogP contribution in [0.25, 0.3) is 0 Å². The summed E-state index contributed by atoms with van der Waals surface area (Å²) in [4.78, 5) is 12.6. The number of ether oxygens (including phenoxy) is 1. The van der Waals surface area contributed by atoms with Crippen LogP contribution in [0, 0.1) is 5.92 Å². The van der Waals surface area contributed by atoms with Crippen LogP contribution in [0.1, 0.15) is 51.6 Å². The zero-order valence-corrected chi connectivity index (χ0v) is 14.0. The molecule has 0 aliphatic carbocycles. The van der Waals surface area contributed by atoms with Crippen molar-refractivity contribution in [2.24, 2.45) is 5.92 Å². The van der Waals surface area contributed by atoms with E-state index in [-0.39, 0.29) is 11.8 Å². The molecule has 1 aliphatic rings. The van der Waals surface area contributed by atoms with E-state index < -0.39 is 24.4 Å². The first kappa shape index (κ1) is 17.8. The summed E-state index contributed by atoms with van der Waals surface area (Å²) in [6.07, 6.45) is 0.0497. The second kappa shape index (κ2) is 7.79. The van der Waals surface area contributed by atoms with Crippen LogP contribution in [-0.4, -0.2) is 34.4 Å². The molecular weight excluding hydrogens is 294 g/mol. The maximum Gasteiger partial charge on any atom is 0.223 e. The lowest BCUT2D eigenvalue weighted by Crippen LogP contribution is -2.48. The van der Waals surface area contributed by atoms with Crippen LogP contribution in [0.4, 0.5) is 0 Å². The van der Waals surface area contributed by atoms with Crippen LogP contribution < -0.4 is 10.1 Å². The van der Waals surface area contributed by atoms with Gasteiger partial charge < -0.3 is 20.3 Å².